The molecule has 0 amide bonds. The molecule has 2 heteroatoms. The predicted molar refractivity (Wildman–Crippen MR) is 60.7 cm³/mol. The van der Waals surface area contributed by atoms with Crippen molar-refractivity contribution in [1.29, 1.82) is 0 Å². The first-order valence-electron chi connectivity index (χ1n) is 5.01. The summed E-state index contributed by atoms with van der Waals surface area (Å²) in [6, 6.07) is 7.96. The fraction of sp³-hybridized carbons (Fsp3) is 0.385. The molecule has 0 N–H and O–H groups in total. The quantitative estimate of drug-likeness (QED) is 0.403. The van der Waals surface area contributed by atoms with Crippen LogP contribution in [0.4, 0.5) is 0 Å². The lowest BCUT2D eigenvalue weighted by Crippen LogP contribution is -2.01. The monoisotopic (exact) mass is 204 g/mol. The van der Waals surface area contributed by atoms with E-state index in [9.17, 15) is 0 Å². The topological polar surface area (TPSA) is 18.5 Å². The first-order chi connectivity index (χ1) is 7.38. The van der Waals surface area contributed by atoms with Crippen molar-refractivity contribution in [2.24, 2.45) is 0 Å². The summed E-state index contributed by atoms with van der Waals surface area (Å²) in [4.78, 5) is 0. The SMILES string of the molecule is C#CCCCc1ccccc1OCOC. The molecule has 0 atom stereocenters. The number of unbranched alkanes of at least 4 members (excludes halogenated alkanes) is 1. The van der Waals surface area contributed by atoms with Gasteiger partial charge in [0, 0.05) is 13.5 Å². The molecule has 0 radical (unpaired) electrons. The molecule has 0 aliphatic rings. The summed E-state index contributed by atoms with van der Waals surface area (Å²) in [5.41, 5.74) is 1.19. The van der Waals surface area contributed by atoms with E-state index in [0.29, 0.717) is 0 Å². The van der Waals surface area contributed by atoms with Crippen LogP contribution in [0.15, 0.2) is 24.3 Å². The molecule has 1 aromatic rings. The largest absolute Gasteiger partial charge is 0.467 e. The van der Waals surface area contributed by atoms with Crippen LogP contribution < -0.4 is 4.74 Å². The van der Waals surface area contributed by atoms with E-state index in [1.165, 1.54) is 5.56 Å². The third-order valence-corrected chi connectivity index (χ3v) is 2.07. The summed E-state index contributed by atoms with van der Waals surface area (Å²) >= 11 is 0. The molecule has 0 aliphatic heterocycles. The van der Waals surface area contributed by atoms with Crippen molar-refractivity contribution in [2.45, 2.75) is 19.3 Å². The van der Waals surface area contributed by atoms with Crippen LogP contribution in [0, 0.1) is 12.3 Å². The highest BCUT2D eigenvalue weighted by Crippen LogP contribution is 2.19. The maximum absolute atomic E-state index is 5.44. The number of terminal acetylenes is 1. The average molecular weight is 204 g/mol. The zero-order chi connectivity index (χ0) is 10.9. The summed E-state index contributed by atoms with van der Waals surface area (Å²) in [6.07, 6.45) is 7.95. The van der Waals surface area contributed by atoms with E-state index in [4.69, 9.17) is 15.9 Å². The Morgan fingerprint density at radius 1 is 1.33 bits per heavy atom. The molecule has 15 heavy (non-hydrogen) atoms. The summed E-state index contributed by atoms with van der Waals surface area (Å²) in [6.45, 7) is 0.284. The van der Waals surface area contributed by atoms with Gasteiger partial charge in [-0.25, -0.2) is 0 Å². The van der Waals surface area contributed by atoms with Crippen LogP contribution in [0.25, 0.3) is 0 Å². The van der Waals surface area contributed by atoms with Crippen molar-refractivity contribution in [2.75, 3.05) is 13.9 Å². The molecule has 0 spiro atoms. The summed E-state index contributed by atoms with van der Waals surface area (Å²) < 4.78 is 10.3. The zero-order valence-electron chi connectivity index (χ0n) is 9.03. The number of hydrogen-bond acceptors (Lipinski definition) is 2. The van der Waals surface area contributed by atoms with Crippen LogP contribution in [0.2, 0.25) is 0 Å². The van der Waals surface area contributed by atoms with Crippen LogP contribution in [0.3, 0.4) is 0 Å². The lowest BCUT2D eigenvalue weighted by molar-refractivity contribution is 0.0504. The highest BCUT2D eigenvalue weighted by molar-refractivity contribution is 5.33. The normalized spacial score (nSPS) is 9.60. The molecule has 0 aliphatic carbocycles. The fourth-order valence-corrected chi connectivity index (χ4v) is 1.35. The Kier molecular flexibility index (Phi) is 5.35. The number of para-hydroxylation sites is 1. The van der Waals surface area contributed by atoms with Crippen LogP contribution in [0.5, 0.6) is 5.75 Å². The second-order valence-corrected chi connectivity index (χ2v) is 3.22. The smallest absolute Gasteiger partial charge is 0.188 e. The molecular weight excluding hydrogens is 188 g/mol. The van der Waals surface area contributed by atoms with Gasteiger partial charge in [0.25, 0.3) is 0 Å². The van der Waals surface area contributed by atoms with Gasteiger partial charge in [0.2, 0.25) is 0 Å². The lowest BCUT2D eigenvalue weighted by Gasteiger charge is -2.09. The molecule has 1 aromatic carbocycles. The number of methoxy groups -OCH3 is 1. The van der Waals surface area contributed by atoms with Gasteiger partial charge in [0.05, 0.1) is 0 Å². The van der Waals surface area contributed by atoms with E-state index in [2.05, 4.69) is 12.0 Å². The minimum absolute atomic E-state index is 0.284. The second-order valence-electron chi connectivity index (χ2n) is 3.22. The number of aryl methyl sites for hydroxylation is 1. The van der Waals surface area contributed by atoms with Crippen LogP contribution in [-0.2, 0) is 11.2 Å². The van der Waals surface area contributed by atoms with Gasteiger partial charge in [0.1, 0.15) is 5.75 Å². The molecule has 0 heterocycles. The van der Waals surface area contributed by atoms with Gasteiger partial charge in [-0.3, -0.25) is 0 Å². The molecule has 0 aromatic heterocycles. The van der Waals surface area contributed by atoms with E-state index in [0.717, 1.165) is 25.0 Å². The van der Waals surface area contributed by atoms with E-state index in [1.807, 2.05) is 18.2 Å². The Morgan fingerprint density at radius 3 is 2.87 bits per heavy atom. The van der Waals surface area contributed by atoms with Gasteiger partial charge in [0.15, 0.2) is 6.79 Å². The molecule has 80 valence electrons. The fourth-order valence-electron chi connectivity index (χ4n) is 1.35. The molecular formula is C13H16O2. The zero-order valence-corrected chi connectivity index (χ0v) is 9.03. The van der Waals surface area contributed by atoms with Crippen LogP contribution in [0.1, 0.15) is 18.4 Å². The average Bonchev–Trinajstić information content (AvgIpc) is 2.28. The minimum Gasteiger partial charge on any atom is -0.467 e. The van der Waals surface area contributed by atoms with Crippen molar-refractivity contribution >= 4 is 0 Å². The van der Waals surface area contributed by atoms with Crippen molar-refractivity contribution in [1.82, 2.24) is 0 Å². The van der Waals surface area contributed by atoms with Crippen molar-refractivity contribution < 1.29 is 9.47 Å². The maximum Gasteiger partial charge on any atom is 0.188 e. The number of benzene rings is 1. The van der Waals surface area contributed by atoms with E-state index < -0.39 is 0 Å². The second kappa shape index (κ2) is 6.92. The third kappa shape index (κ3) is 4.05. The molecule has 0 bridgehead atoms. The maximum atomic E-state index is 5.44. The Bertz CT molecular complexity index is 326. The standard InChI is InChI=1S/C13H16O2/c1-3-4-5-8-12-9-6-7-10-13(12)15-11-14-2/h1,6-7,9-10H,4-5,8,11H2,2H3. The van der Waals surface area contributed by atoms with Gasteiger partial charge in [-0.1, -0.05) is 18.2 Å². The number of rotatable bonds is 6. The Hall–Kier alpha value is -1.46. The van der Waals surface area contributed by atoms with Gasteiger partial charge in [-0.15, -0.1) is 12.3 Å². The number of ether oxygens (including phenoxy) is 2. The van der Waals surface area contributed by atoms with Crippen molar-refractivity contribution in [3.05, 3.63) is 29.8 Å². The molecule has 2 nitrogen and oxygen atoms in total. The lowest BCUT2D eigenvalue weighted by atomic mass is 10.1. The van der Waals surface area contributed by atoms with E-state index in [-0.39, 0.29) is 6.79 Å². The highest BCUT2D eigenvalue weighted by atomic mass is 16.7. The van der Waals surface area contributed by atoms with Crippen molar-refractivity contribution in [3.63, 3.8) is 0 Å². The van der Waals surface area contributed by atoms with Gasteiger partial charge in [-0.2, -0.15) is 0 Å². The van der Waals surface area contributed by atoms with Crippen molar-refractivity contribution in [3.8, 4) is 18.1 Å². The molecule has 1 rings (SSSR count). The first-order valence-corrected chi connectivity index (χ1v) is 5.01. The van der Waals surface area contributed by atoms with Gasteiger partial charge in [-0.05, 0) is 24.5 Å². The Balaban J connectivity index is 2.56. The molecule has 0 saturated heterocycles. The van der Waals surface area contributed by atoms with Crippen LogP contribution in [-0.4, -0.2) is 13.9 Å². The first kappa shape index (κ1) is 11.6. The third-order valence-electron chi connectivity index (χ3n) is 2.07. The van der Waals surface area contributed by atoms with Gasteiger partial charge >= 0.3 is 0 Å². The van der Waals surface area contributed by atoms with Gasteiger partial charge < -0.3 is 9.47 Å². The number of hydrogen-bond donors (Lipinski definition) is 0. The summed E-state index contributed by atoms with van der Waals surface area (Å²) in [5.74, 6) is 3.52. The Morgan fingerprint density at radius 2 is 2.13 bits per heavy atom. The van der Waals surface area contributed by atoms with Crippen LogP contribution >= 0.6 is 0 Å². The highest BCUT2D eigenvalue weighted by Gasteiger charge is 2.01. The summed E-state index contributed by atoms with van der Waals surface area (Å²) in [7, 11) is 1.61. The predicted octanol–water partition coefficient (Wildman–Crippen LogP) is 2.63. The minimum atomic E-state index is 0.284. The molecule has 0 fully saturated rings. The molecule has 0 unspecified atom stereocenters. The summed E-state index contributed by atoms with van der Waals surface area (Å²) in [5, 5.41) is 0. The Labute approximate surface area is 91.2 Å². The van der Waals surface area contributed by atoms with E-state index >= 15 is 0 Å². The molecule has 0 saturated carbocycles. The van der Waals surface area contributed by atoms with E-state index in [1.54, 1.807) is 7.11 Å².